The first kappa shape index (κ1) is 15.3. The summed E-state index contributed by atoms with van der Waals surface area (Å²) in [5.41, 5.74) is -0.765. The van der Waals surface area contributed by atoms with E-state index < -0.39 is 5.54 Å². The number of carbonyl (C=O) groups is 2. The summed E-state index contributed by atoms with van der Waals surface area (Å²) in [5.74, 6) is 0.693. The van der Waals surface area contributed by atoms with Crippen LogP contribution in [0.1, 0.15) is 46.5 Å². The number of nitrogens with zero attached hydrogens (tertiary/aromatic N) is 1. The molecule has 1 aliphatic carbocycles. The maximum absolute atomic E-state index is 12.6. The highest BCUT2D eigenvalue weighted by molar-refractivity contribution is 5.99. The minimum atomic E-state index is -0.765. The number of hydrogen-bond acceptors (Lipinski definition) is 3. The molecule has 2 unspecified atom stereocenters. The molecule has 1 saturated carbocycles. The smallest absolute Gasteiger partial charge is 0.248 e. The molecule has 0 aromatic heterocycles. The maximum Gasteiger partial charge on any atom is 0.248 e. The van der Waals surface area contributed by atoms with Crippen LogP contribution in [0, 0.1) is 5.92 Å². The van der Waals surface area contributed by atoms with Crippen molar-refractivity contribution in [3.8, 4) is 0 Å². The van der Waals surface area contributed by atoms with Crippen LogP contribution in [-0.2, 0) is 14.3 Å². The third-order valence-corrected chi connectivity index (χ3v) is 4.43. The second kappa shape index (κ2) is 6.12. The summed E-state index contributed by atoms with van der Waals surface area (Å²) in [7, 11) is 0. The normalized spacial score (nSPS) is 30.6. The lowest BCUT2D eigenvalue weighted by Gasteiger charge is -2.43. The average Bonchev–Trinajstić information content (AvgIpc) is 3.24. The van der Waals surface area contributed by atoms with Crippen molar-refractivity contribution < 1.29 is 14.3 Å². The number of hydrogen-bond donors (Lipinski definition) is 1. The molecule has 2 rings (SSSR count). The molecule has 0 aromatic rings. The molecule has 2 aliphatic rings. The molecule has 0 spiro atoms. The van der Waals surface area contributed by atoms with Gasteiger partial charge in [0.2, 0.25) is 11.8 Å². The van der Waals surface area contributed by atoms with Gasteiger partial charge in [-0.3, -0.25) is 9.59 Å². The molecule has 1 N–H and O–H groups in total. The van der Waals surface area contributed by atoms with Crippen LogP contribution in [0.25, 0.3) is 0 Å². The number of carbonyl (C=O) groups excluding carboxylic acids is 2. The van der Waals surface area contributed by atoms with Crippen LogP contribution in [0.3, 0.4) is 0 Å². The van der Waals surface area contributed by atoms with E-state index in [9.17, 15) is 9.59 Å². The quantitative estimate of drug-likeness (QED) is 0.716. The van der Waals surface area contributed by atoms with E-state index in [-0.39, 0.29) is 17.9 Å². The lowest BCUT2D eigenvalue weighted by Crippen LogP contribution is -2.69. The molecular weight excluding hydrogens is 256 g/mol. The van der Waals surface area contributed by atoms with E-state index in [1.807, 2.05) is 13.8 Å². The first-order valence-corrected chi connectivity index (χ1v) is 7.72. The van der Waals surface area contributed by atoms with Crippen molar-refractivity contribution >= 4 is 11.8 Å². The highest BCUT2D eigenvalue weighted by Gasteiger charge is 2.46. The third kappa shape index (κ3) is 3.14. The third-order valence-electron chi connectivity index (χ3n) is 4.43. The van der Waals surface area contributed by atoms with E-state index in [1.54, 1.807) is 11.8 Å². The molecule has 1 aliphatic heterocycles. The SMILES string of the molecule is CCC1C(=O)NC(C)(CC)C(=O)N1CCOCC1CC1. The Morgan fingerprint density at radius 2 is 2.05 bits per heavy atom. The summed E-state index contributed by atoms with van der Waals surface area (Å²) in [6, 6.07) is -0.355. The van der Waals surface area contributed by atoms with E-state index in [0.29, 0.717) is 26.0 Å². The van der Waals surface area contributed by atoms with Crippen molar-refractivity contribution in [3.05, 3.63) is 0 Å². The van der Waals surface area contributed by atoms with Gasteiger partial charge in [0.15, 0.2) is 0 Å². The first-order chi connectivity index (χ1) is 9.51. The van der Waals surface area contributed by atoms with Gasteiger partial charge in [0.25, 0.3) is 0 Å². The molecule has 0 bridgehead atoms. The Bertz CT molecular complexity index is 381. The van der Waals surface area contributed by atoms with Gasteiger partial charge in [0.1, 0.15) is 11.6 Å². The molecule has 114 valence electrons. The molecular formula is C15H26N2O3. The minimum absolute atomic E-state index is 0.0153. The molecule has 0 aromatic carbocycles. The van der Waals surface area contributed by atoms with Crippen LogP contribution < -0.4 is 5.32 Å². The number of nitrogens with one attached hydrogen (secondary N) is 1. The van der Waals surface area contributed by atoms with Gasteiger partial charge in [0, 0.05) is 13.2 Å². The number of amides is 2. The second-order valence-electron chi connectivity index (χ2n) is 6.12. The summed E-state index contributed by atoms with van der Waals surface area (Å²) in [6.45, 7) is 7.47. The molecule has 1 saturated heterocycles. The highest BCUT2D eigenvalue weighted by Crippen LogP contribution is 2.29. The fraction of sp³-hybridized carbons (Fsp3) is 0.867. The van der Waals surface area contributed by atoms with E-state index >= 15 is 0 Å². The fourth-order valence-electron chi connectivity index (χ4n) is 2.61. The maximum atomic E-state index is 12.6. The predicted molar refractivity (Wildman–Crippen MR) is 76.2 cm³/mol. The largest absolute Gasteiger partial charge is 0.379 e. The van der Waals surface area contributed by atoms with E-state index in [2.05, 4.69) is 5.32 Å². The van der Waals surface area contributed by atoms with Crippen molar-refractivity contribution in [2.24, 2.45) is 5.92 Å². The van der Waals surface area contributed by atoms with Crippen molar-refractivity contribution in [1.29, 1.82) is 0 Å². The van der Waals surface area contributed by atoms with Gasteiger partial charge in [-0.25, -0.2) is 0 Å². The average molecular weight is 282 g/mol. The standard InChI is InChI=1S/C15H26N2O3/c1-4-12-13(18)16-15(3,5-2)14(19)17(12)8-9-20-10-11-6-7-11/h11-12H,4-10H2,1-3H3,(H,16,18). The lowest BCUT2D eigenvalue weighted by molar-refractivity contribution is -0.155. The van der Waals surface area contributed by atoms with Crippen molar-refractivity contribution in [3.63, 3.8) is 0 Å². The predicted octanol–water partition coefficient (Wildman–Crippen LogP) is 1.32. The zero-order valence-corrected chi connectivity index (χ0v) is 12.8. The molecule has 2 amide bonds. The topological polar surface area (TPSA) is 58.6 Å². The van der Waals surface area contributed by atoms with Gasteiger partial charge in [-0.2, -0.15) is 0 Å². The van der Waals surface area contributed by atoms with Crippen molar-refractivity contribution in [2.75, 3.05) is 19.8 Å². The molecule has 5 nitrogen and oxygen atoms in total. The Morgan fingerprint density at radius 3 is 2.60 bits per heavy atom. The highest BCUT2D eigenvalue weighted by atomic mass is 16.5. The minimum Gasteiger partial charge on any atom is -0.379 e. The van der Waals surface area contributed by atoms with Crippen LogP contribution in [0.2, 0.25) is 0 Å². The van der Waals surface area contributed by atoms with E-state index in [1.165, 1.54) is 12.8 Å². The summed E-state index contributed by atoms with van der Waals surface area (Å²) >= 11 is 0. The zero-order chi connectivity index (χ0) is 14.8. The lowest BCUT2D eigenvalue weighted by atomic mass is 9.91. The van der Waals surface area contributed by atoms with Gasteiger partial charge in [0.05, 0.1) is 6.61 Å². The fourth-order valence-corrected chi connectivity index (χ4v) is 2.61. The van der Waals surface area contributed by atoms with Crippen LogP contribution in [0.15, 0.2) is 0 Å². The summed E-state index contributed by atoms with van der Waals surface area (Å²) in [4.78, 5) is 26.5. The van der Waals surface area contributed by atoms with E-state index in [0.717, 1.165) is 12.5 Å². The first-order valence-electron chi connectivity index (χ1n) is 7.72. The number of rotatable bonds is 7. The van der Waals surface area contributed by atoms with Crippen molar-refractivity contribution in [2.45, 2.75) is 58.0 Å². The van der Waals surface area contributed by atoms with Crippen LogP contribution in [-0.4, -0.2) is 48.1 Å². The molecule has 5 heteroatoms. The van der Waals surface area contributed by atoms with Gasteiger partial charge < -0.3 is 15.0 Å². The van der Waals surface area contributed by atoms with Crippen molar-refractivity contribution in [1.82, 2.24) is 10.2 Å². The Hall–Kier alpha value is -1.10. The Morgan fingerprint density at radius 1 is 1.35 bits per heavy atom. The Labute approximate surface area is 121 Å². The summed E-state index contributed by atoms with van der Waals surface area (Å²) in [5, 5.41) is 2.87. The number of ether oxygens (including phenoxy) is 1. The van der Waals surface area contributed by atoms with Gasteiger partial charge in [-0.1, -0.05) is 13.8 Å². The summed E-state index contributed by atoms with van der Waals surface area (Å²) < 4.78 is 5.61. The summed E-state index contributed by atoms with van der Waals surface area (Å²) in [6.07, 6.45) is 3.76. The Kier molecular flexibility index (Phi) is 4.68. The molecule has 20 heavy (non-hydrogen) atoms. The van der Waals surface area contributed by atoms with Crippen LogP contribution in [0.4, 0.5) is 0 Å². The molecule has 2 fully saturated rings. The molecule has 0 radical (unpaired) electrons. The van der Waals surface area contributed by atoms with Gasteiger partial charge >= 0.3 is 0 Å². The second-order valence-corrected chi connectivity index (χ2v) is 6.12. The zero-order valence-electron chi connectivity index (χ0n) is 12.8. The van der Waals surface area contributed by atoms with Gasteiger partial charge in [-0.15, -0.1) is 0 Å². The molecule has 2 atom stereocenters. The van der Waals surface area contributed by atoms with Gasteiger partial charge in [-0.05, 0) is 38.5 Å². The number of piperazine rings is 1. The monoisotopic (exact) mass is 282 g/mol. The Balaban J connectivity index is 1.96. The van der Waals surface area contributed by atoms with Crippen LogP contribution in [0.5, 0.6) is 0 Å². The van der Waals surface area contributed by atoms with E-state index in [4.69, 9.17) is 4.74 Å². The van der Waals surface area contributed by atoms with Crippen LogP contribution >= 0.6 is 0 Å². The molecule has 1 heterocycles.